The molecule has 0 saturated heterocycles. The monoisotopic (exact) mass is 403 g/mol. The summed E-state index contributed by atoms with van der Waals surface area (Å²) in [7, 11) is 0. The largest absolute Gasteiger partial charge is 0.356 e. The number of imidazole rings is 1. The van der Waals surface area contributed by atoms with E-state index in [1.54, 1.807) is 6.07 Å². The highest BCUT2D eigenvalue weighted by atomic mass is 35.5. The maximum absolute atomic E-state index is 12.2. The molecule has 0 radical (unpaired) electrons. The van der Waals surface area contributed by atoms with E-state index in [-0.39, 0.29) is 5.91 Å². The average Bonchev–Trinajstić information content (AvgIpc) is 2.98. The van der Waals surface area contributed by atoms with Crippen LogP contribution in [0.2, 0.25) is 10.0 Å². The summed E-state index contributed by atoms with van der Waals surface area (Å²) in [6.45, 7) is 5.44. The molecule has 0 saturated carbocycles. The molecule has 3 aromatic rings. The standard InChI is InChI=1S/C21H23Cl2N3O/c1-14(2)13-24-21(27)9-10-26-19-6-4-3-5-18(19)25-20(26)12-15-7-8-16(22)17(23)11-15/h3-8,11,14H,9-10,12-13H2,1-2H3,(H,24,27). The number of para-hydroxylation sites is 2. The molecule has 6 heteroatoms. The van der Waals surface area contributed by atoms with Gasteiger partial charge in [-0.1, -0.05) is 55.2 Å². The average molecular weight is 404 g/mol. The van der Waals surface area contributed by atoms with Crippen molar-refractivity contribution >= 4 is 40.1 Å². The Bertz CT molecular complexity index is 950. The van der Waals surface area contributed by atoms with Gasteiger partial charge >= 0.3 is 0 Å². The van der Waals surface area contributed by atoms with Gasteiger partial charge in [-0.3, -0.25) is 4.79 Å². The number of carbonyl (C=O) groups is 1. The number of carbonyl (C=O) groups excluding carboxylic acids is 1. The lowest BCUT2D eigenvalue weighted by Crippen LogP contribution is -2.28. The van der Waals surface area contributed by atoms with E-state index in [2.05, 4.69) is 23.7 Å². The molecule has 1 N–H and O–H groups in total. The Kier molecular flexibility index (Phi) is 6.40. The molecule has 0 fully saturated rings. The minimum atomic E-state index is 0.0574. The van der Waals surface area contributed by atoms with Crippen molar-refractivity contribution in [3.8, 4) is 0 Å². The van der Waals surface area contributed by atoms with Crippen LogP contribution in [0.3, 0.4) is 0 Å². The zero-order chi connectivity index (χ0) is 19.4. The van der Waals surface area contributed by atoms with E-state index in [0.29, 0.717) is 41.9 Å². The van der Waals surface area contributed by atoms with E-state index in [0.717, 1.165) is 22.4 Å². The first-order chi connectivity index (χ1) is 12.9. The van der Waals surface area contributed by atoms with Crippen molar-refractivity contribution in [2.24, 2.45) is 5.92 Å². The zero-order valence-corrected chi connectivity index (χ0v) is 17.0. The van der Waals surface area contributed by atoms with Crippen LogP contribution in [-0.4, -0.2) is 22.0 Å². The molecule has 0 aliphatic heterocycles. The number of hydrogen-bond acceptors (Lipinski definition) is 2. The first-order valence-corrected chi connectivity index (χ1v) is 9.84. The topological polar surface area (TPSA) is 46.9 Å². The molecule has 0 atom stereocenters. The van der Waals surface area contributed by atoms with Gasteiger partial charge in [-0.25, -0.2) is 4.98 Å². The summed E-state index contributed by atoms with van der Waals surface area (Å²) in [5.74, 6) is 1.40. The fourth-order valence-corrected chi connectivity index (χ4v) is 3.28. The van der Waals surface area contributed by atoms with Gasteiger partial charge in [-0.2, -0.15) is 0 Å². The number of benzene rings is 2. The Hall–Kier alpha value is -2.04. The maximum atomic E-state index is 12.2. The van der Waals surface area contributed by atoms with Gasteiger partial charge in [-0.05, 0) is 35.7 Å². The second kappa shape index (κ2) is 8.77. The van der Waals surface area contributed by atoms with Crippen LogP contribution < -0.4 is 5.32 Å². The zero-order valence-electron chi connectivity index (χ0n) is 15.5. The smallest absolute Gasteiger partial charge is 0.221 e. The highest BCUT2D eigenvalue weighted by Crippen LogP contribution is 2.25. The van der Waals surface area contributed by atoms with Crippen molar-refractivity contribution in [2.45, 2.75) is 33.2 Å². The predicted molar refractivity (Wildman–Crippen MR) is 111 cm³/mol. The number of nitrogens with zero attached hydrogens (tertiary/aromatic N) is 2. The van der Waals surface area contributed by atoms with Crippen molar-refractivity contribution in [1.29, 1.82) is 0 Å². The molecule has 1 amide bonds. The first-order valence-electron chi connectivity index (χ1n) is 9.09. The van der Waals surface area contributed by atoms with Crippen molar-refractivity contribution in [3.05, 3.63) is 63.9 Å². The van der Waals surface area contributed by atoms with E-state index in [4.69, 9.17) is 28.2 Å². The van der Waals surface area contributed by atoms with Gasteiger partial charge in [0.1, 0.15) is 5.82 Å². The van der Waals surface area contributed by atoms with Gasteiger partial charge in [0.25, 0.3) is 0 Å². The fourth-order valence-electron chi connectivity index (χ4n) is 2.96. The molecule has 27 heavy (non-hydrogen) atoms. The summed E-state index contributed by atoms with van der Waals surface area (Å²) >= 11 is 12.2. The molecule has 0 aliphatic carbocycles. The van der Waals surface area contributed by atoms with Crippen molar-refractivity contribution in [3.63, 3.8) is 0 Å². The summed E-state index contributed by atoms with van der Waals surface area (Å²) in [6.07, 6.45) is 1.04. The van der Waals surface area contributed by atoms with E-state index in [9.17, 15) is 4.79 Å². The number of nitrogens with one attached hydrogen (secondary N) is 1. The first kappa shape index (κ1) is 19.7. The number of aromatic nitrogens is 2. The number of hydrogen-bond donors (Lipinski definition) is 1. The molecule has 0 bridgehead atoms. The Morgan fingerprint density at radius 3 is 2.67 bits per heavy atom. The quantitative estimate of drug-likeness (QED) is 0.596. The SMILES string of the molecule is CC(C)CNC(=O)CCn1c(Cc2ccc(Cl)c(Cl)c2)nc2ccccc21. The summed E-state index contributed by atoms with van der Waals surface area (Å²) < 4.78 is 2.12. The van der Waals surface area contributed by atoms with E-state index in [1.165, 1.54) is 0 Å². The van der Waals surface area contributed by atoms with Crippen LogP contribution in [0, 0.1) is 5.92 Å². The van der Waals surface area contributed by atoms with Gasteiger partial charge < -0.3 is 9.88 Å². The van der Waals surface area contributed by atoms with Crippen LogP contribution >= 0.6 is 23.2 Å². The second-order valence-corrected chi connectivity index (χ2v) is 7.86. The molecular formula is C21H23Cl2N3O. The fraction of sp³-hybridized carbons (Fsp3) is 0.333. The Morgan fingerprint density at radius 1 is 1.15 bits per heavy atom. The third kappa shape index (κ3) is 5.02. The van der Waals surface area contributed by atoms with Crippen LogP contribution in [0.25, 0.3) is 11.0 Å². The molecule has 142 valence electrons. The van der Waals surface area contributed by atoms with Gasteiger partial charge in [0, 0.05) is 25.9 Å². The molecular weight excluding hydrogens is 381 g/mol. The van der Waals surface area contributed by atoms with Crippen molar-refractivity contribution in [2.75, 3.05) is 6.54 Å². The summed E-state index contributed by atoms with van der Waals surface area (Å²) in [5, 5.41) is 4.04. The normalized spacial score (nSPS) is 11.3. The number of rotatable bonds is 7. The van der Waals surface area contributed by atoms with Crippen LogP contribution in [0.15, 0.2) is 42.5 Å². The van der Waals surface area contributed by atoms with Gasteiger partial charge in [0.15, 0.2) is 0 Å². The van der Waals surface area contributed by atoms with E-state index >= 15 is 0 Å². The molecule has 1 aromatic heterocycles. The molecule has 0 aliphatic rings. The molecule has 0 unspecified atom stereocenters. The lowest BCUT2D eigenvalue weighted by Gasteiger charge is -2.11. The van der Waals surface area contributed by atoms with Gasteiger partial charge in [0.05, 0.1) is 21.1 Å². The summed E-state index contributed by atoms with van der Waals surface area (Å²) in [4.78, 5) is 16.9. The Morgan fingerprint density at radius 2 is 1.93 bits per heavy atom. The molecule has 0 spiro atoms. The third-order valence-electron chi connectivity index (χ3n) is 4.35. The Balaban J connectivity index is 1.83. The van der Waals surface area contributed by atoms with Crippen LogP contribution in [0.5, 0.6) is 0 Å². The lowest BCUT2D eigenvalue weighted by atomic mass is 10.1. The van der Waals surface area contributed by atoms with Gasteiger partial charge in [0.2, 0.25) is 5.91 Å². The number of halogens is 2. The highest BCUT2D eigenvalue weighted by molar-refractivity contribution is 6.42. The Labute approximate surface area is 169 Å². The van der Waals surface area contributed by atoms with Crippen LogP contribution in [-0.2, 0) is 17.8 Å². The lowest BCUT2D eigenvalue weighted by molar-refractivity contribution is -0.121. The van der Waals surface area contributed by atoms with Crippen molar-refractivity contribution < 1.29 is 4.79 Å². The highest BCUT2D eigenvalue weighted by Gasteiger charge is 2.13. The van der Waals surface area contributed by atoms with Crippen LogP contribution in [0.4, 0.5) is 0 Å². The summed E-state index contributed by atoms with van der Waals surface area (Å²) in [5.41, 5.74) is 2.99. The number of amides is 1. The third-order valence-corrected chi connectivity index (χ3v) is 5.09. The molecule has 2 aromatic carbocycles. The second-order valence-electron chi connectivity index (χ2n) is 7.04. The molecule has 1 heterocycles. The van der Waals surface area contributed by atoms with E-state index in [1.807, 2.05) is 36.4 Å². The predicted octanol–water partition coefficient (Wildman–Crippen LogP) is 5.10. The molecule has 4 nitrogen and oxygen atoms in total. The van der Waals surface area contributed by atoms with Crippen molar-refractivity contribution in [1.82, 2.24) is 14.9 Å². The number of fused-ring (bicyclic) bond motifs is 1. The van der Waals surface area contributed by atoms with Crippen LogP contribution in [0.1, 0.15) is 31.7 Å². The minimum absolute atomic E-state index is 0.0574. The molecule has 3 rings (SSSR count). The number of aryl methyl sites for hydroxylation is 1. The summed E-state index contributed by atoms with van der Waals surface area (Å²) in [6, 6.07) is 13.6. The minimum Gasteiger partial charge on any atom is -0.356 e. The maximum Gasteiger partial charge on any atom is 0.221 e. The van der Waals surface area contributed by atoms with Gasteiger partial charge in [-0.15, -0.1) is 0 Å². The van der Waals surface area contributed by atoms with E-state index < -0.39 is 0 Å².